The third-order valence-corrected chi connectivity index (χ3v) is 5.74. The number of likely N-dealkylation sites (N-methyl/N-ethyl adjacent to an activating group) is 2. The Morgan fingerprint density at radius 3 is 2.58 bits per heavy atom. The van der Waals surface area contributed by atoms with Gasteiger partial charge in [-0.15, -0.1) is 0 Å². The molecule has 2 aromatic heterocycles. The van der Waals surface area contributed by atoms with Crippen LogP contribution in [0.4, 0.5) is 0 Å². The summed E-state index contributed by atoms with van der Waals surface area (Å²) in [5.74, 6) is 0.784. The van der Waals surface area contributed by atoms with Crippen molar-refractivity contribution in [2.24, 2.45) is 5.18 Å². The summed E-state index contributed by atoms with van der Waals surface area (Å²) in [6, 6.07) is 11.3. The summed E-state index contributed by atoms with van der Waals surface area (Å²) in [5.41, 5.74) is 4.74. The summed E-state index contributed by atoms with van der Waals surface area (Å²) in [6.45, 7) is 1.37. The predicted molar refractivity (Wildman–Crippen MR) is 120 cm³/mol. The fraction of sp³-hybridized carbons (Fsp3) is 0.333. The van der Waals surface area contributed by atoms with Crippen LogP contribution in [-0.4, -0.2) is 54.9 Å². The van der Waals surface area contributed by atoms with Crippen molar-refractivity contribution < 1.29 is 9.21 Å². The Hall–Kier alpha value is -3.32. The predicted octanol–water partition coefficient (Wildman–Crippen LogP) is 4.40. The van der Waals surface area contributed by atoms with Crippen molar-refractivity contribution in [3.05, 3.63) is 70.6 Å². The molecule has 1 aliphatic carbocycles. The van der Waals surface area contributed by atoms with Gasteiger partial charge in [0.1, 0.15) is 11.8 Å². The topological polar surface area (TPSA) is 79.0 Å². The molecule has 1 aliphatic rings. The van der Waals surface area contributed by atoms with E-state index in [2.05, 4.69) is 10.2 Å². The number of hydrogen-bond donors (Lipinski definition) is 0. The number of rotatable bonds is 7. The van der Waals surface area contributed by atoms with Gasteiger partial charge in [-0.25, -0.2) is 0 Å². The molecule has 0 saturated carbocycles. The molecule has 7 heteroatoms. The number of amides is 1. The lowest BCUT2D eigenvalue weighted by molar-refractivity contribution is 0.0756. The van der Waals surface area contributed by atoms with Gasteiger partial charge in [-0.1, -0.05) is 17.3 Å². The average Bonchev–Trinajstić information content (AvgIpc) is 3.41. The molecular weight excluding hydrogens is 392 g/mol. The second kappa shape index (κ2) is 8.81. The molecule has 0 N–H and O–H groups in total. The van der Waals surface area contributed by atoms with E-state index in [0.717, 1.165) is 47.2 Å². The molecule has 0 radical (unpaired) electrons. The number of benzene rings is 1. The van der Waals surface area contributed by atoms with Crippen molar-refractivity contribution in [1.82, 2.24) is 14.8 Å². The van der Waals surface area contributed by atoms with Crippen LogP contribution in [0, 0.1) is 4.91 Å². The first kappa shape index (κ1) is 20.9. The van der Waals surface area contributed by atoms with Gasteiger partial charge in [0.2, 0.25) is 0 Å². The van der Waals surface area contributed by atoms with Crippen LogP contribution in [0.1, 0.15) is 34.1 Å². The standard InChI is InChI=1S/C24H26N4O3/c1-27(2)12-13-28(3)24(29)22-15-20(16-8-10-25-11-9-16)23(31-22)18-4-6-19-17(14-18)5-7-21(19)26-30/h4,6,8-11,14-15,21H,5,7,12-13H2,1-3H3. The first-order valence-electron chi connectivity index (χ1n) is 10.4. The van der Waals surface area contributed by atoms with Gasteiger partial charge in [0.15, 0.2) is 5.76 Å². The number of aromatic nitrogens is 1. The van der Waals surface area contributed by atoms with Crippen LogP contribution in [0.2, 0.25) is 0 Å². The maximum atomic E-state index is 13.0. The van der Waals surface area contributed by atoms with Gasteiger partial charge in [-0.05, 0) is 67.9 Å². The van der Waals surface area contributed by atoms with Crippen LogP contribution in [-0.2, 0) is 6.42 Å². The highest BCUT2D eigenvalue weighted by atomic mass is 16.4. The van der Waals surface area contributed by atoms with Gasteiger partial charge in [-0.3, -0.25) is 9.78 Å². The molecule has 0 bridgehead atoms. The molecule has 1 aromatic carbocycles. The fourth-order valence-corrected chi connectivity index (χ4v) is 3.94. The Balaban J connectivity index is 1.73. The Labute approximate surface area is 181 Å². The van der Waals surface area contributed by atoms with E-state index >= 15 is 0 Å². The van der Waals surface area contributed by atoms with E-state index in [-0.39, 0.29) is 11.9 Å². The molecule has 31 heavy (non-hydrogen) atoms. The lowest BCUT2D eigenvalue weighted by Gasteiger charge is -2.18. The van der Waals surface area contributed by atoms with Gasteiger partial charge in [-0.2, -0.15) is 4.91 Å². The highest BCUT2D eigenvalue weighted by Crippen LogP contribution is 2.40. The SMILES string of the molecule is CN(C)CCN(C)C(=O)c1cc(-c2ccncc2)c(-c2ccc3c(c2)CCC3N=O)o1. The third kappa shape index (κ3) is 4.27. The first-order chi connectivity index (χ1) is 15.0. The molecule has 1 atom stereocenters. The summed E-state index contributed by atoms with van der Waals surface area (Å²) in [6.07, 6.45) is 4.99. The van der Waals surface area contributed by atoms with Crippen molar-refractivity contribution in [2.75, 3.05) is 34.2 Å². The zero-order chi connectivity index (χ0) is 22.0. The number of pyridine rings is 1. The Bertz CT molecular complexity index is 1090. The maximum absolute atomic E-state index is 13.0. The normalized spacial score (nSPS) is 15.2. The summed E-state index contributed by atoms with van der Waals surface area (Å²) < 4.78 is 6.15. The minimum atomic E-state index is -0.275. The number of nitrogens with zero attached hydrogens (tertiary/aromatic N) is 4. The molecule has 0 saturated heterocycles. The number of nitroso groups, excluding NO2 is 1. The zero-order valence-corrected chi connectivity index (χ0v) is 18.0. The van der Waals surface area contributed by atoms with Gasteiger partial charge in [0.05, 0.1) is 0 Å². The van der Waals surface area contributed by atoms with Crippen LogP contribution < -0.4 is 0 Å². The minimum absolute atomic E-state index is 0.158. The molecule has 1 unspecified atom stereocenters. The zero-order valence-electron chi connectivity index (χ0n) is 18.0. The van der Waals surface area contributed by atoms with Crippen LogP contribution in [0.25, 0.3) is 22.5 Å². The largest absolute Gasteiger partial charge is 0.450 e. The van der Waals surface area contributed by atoms with E-state index in [9.17, 15) is 9.70 Å². The van der Waals surface area contributed by atoms with E-state index in [0.29, 0.717) is 18.1 Å². The van der Waals surface area contributed by atoms with E-state index < -0.39 is 0 Å². The van der Waals surface area contributed by atoms with Gasteiger partial charge < -0.3 is 14.2 Å². The van der Waals surface area contributed by atoms with Crippen molar-refractivity contribution >= 4 is 5.91 Å². The number of carbonyl (C=O) groups is 1. The molecule has 4 rings (SSSR count). The molecule has 0 spiro atoms. The van der Waals surface area contributed by atoms with Gasteiger partial charge in [0, 0.05) is 43.7 Å². The van der Waals surface area contributed by atoms with Crippen molar-refractivity contribution in [3.8, 4) is 22.5 Å². The van der Waals surface area contributed by atoms with Crippen molar-refractivity contribution in [2.45, 2.75) is 18.9 Å². The monoisotopic (exact) mass is 418 g/mol. The number of furan rings is 1. The lowest BCUT2D eigenvalue weighted by Crippen LogP contribution is -2.33. The first-order valence-corrected chi connectivity index (χ1v) is 10.4. The molecule has 0 fully saturated rings. The van der Waals surface area contributed by atoms with E-state index in [4.69, 9.17) is 4.42 Å². The van der Waals surface area contributed by atoms with Gasteiger partial charge in [0.25, 0.3) is 5.91 Å². The molecule has 1 amide bonds. The number of fused-ring (bicyclic) bond motifs is 1. The third-order valence-electron chi connectivity index (χ3n) is 5.74. The van der Waals surface area contributed by atoms with Gasteiger partial charge >= 0.3 is 0 Å². The van der Waals surface area contributed by atoms with E-state index in [1.165, 1.54) is 0 Å². The van der Waals surface area contributed by atoms with Crippen LogP contribution in [0.5, 0.6) is 0 Å². The van der Waals surface area contributed by atoms with Crippen molar-refractivity contribution in [3.63, 3.8) is 0 Å². The van der Waals surface area contributed by atoms with Crippen LogP contribution >= 0.6 is 0 Å². The van der Waals surface area contributed by atoms with Crippen LogP contribution in [0.15, 0.2) is 58.4 Å². The molecule has 2 heterocycles. The van der Waals surface area contributed by atoms with Crippen molar-refractivity contribution in [1.29, 1.82) is 0 Å². The molecule has 7 nitrogen and oxygen atoms in total. The van der Waals surface area contributed by atoms with E-state index in [1.807, 2.05) is 55.4 Å². The average molecular weight is 418 g/mol. The second-order valence-corrected chi connectivity index (χ2v) is 8.19. The quantitative estimate of drug-likeness (QED) is 0.532. The summed E-state index contributed by atoms with van der Waals surface area (Å²) >= 11 is 0. The number of aryl methyl sites for hydroxylation is 1. The summed E-state index contributed by atoms with van der Waals surface area (Å²) in [4.78, 5) is 31.9. The molecule has 0 aliphatic heterocycles. The van der Waals surface area contributed by atoms with Crippen LogP contribution in [0.3, 0.4) is 0 Å². The lowest BCUT2D eigenvalue weighted by atomic mass is 9.99. The second-order valence-electron chi connectivity index (χ2n) is 8.19. The smallest absolute Gasteiger partial charge is 0.289 e. The fourth-order valence-electron chi connectivity index (χ4n) is 3.94. The Morgan fingerprint density at radius 2 is 1.87 bits per heavy atom. The Morgan fingerprint density at radius 1 is 1.10 bits per heavy atom. The molecule has 3 aromatic rings. The molecular formula is C24H26N4O3. The number of carbonyl (C=O) groups excluding carboxylic acids is 1. The highest BCUT2D eigenvalue weighted by molar-refractivity contribution is 5.95. The summed E-state index contributed by atoms with van der Waals surface area (Å²) in [5, 5.41) is 3.24. The summed E-state index contributed by atoms with van der Waals surface area (Å²) in [7, 11) is 5.73. The maximum Gasteiger partial charge on any atom is 0.289 e. The minimum Gasteiger partial charge on any atom is -0.450 e. The number of hydrogen-bond acceptors (Lipinski definition) is 6. The highest BCUT2D eigenvalue weighted by Gasteiger charge is 2.26. The van der Waals surface area contributed by atoms with E-state index in [1.54, 1.807) is 24.3 Å². The Kier molecular flexibility index (Phi) is 5.95. The molecule has 160 valence electrons.